The average Bonchev–Trinajstić information content (AvgIpc) is 4.05. The van der Waals surface area contributed by atoms with Gasteiger partial charge in [-0.3, -0.25) is 9.59 Å². The number of ether oxygens (including phenoxy) is 3. The molecule has 4 N–H and O–H groups in total. The Labute approximate surface area is 336 Å². The van der Waals surface area contributed by atoms with E-state index < -0.39 is 48.6 Å². The van der Waals surface area contributed by atoms with Crippen molar-refractivity contribution in [3.63, 3.8) is 0 Å². The fourth-order valence-corrected chi connectivity index (χ4v) is 6.75. The van der Waals surface area contributed by atoms with Crippen LogP contribution in [-0.2, 0) is 49.9 Å². The number of carbonyl (C=O) groups excluding carboxylic acids is 4. The average molecular weight is 777 g/mol. The lowest BCUT2D eigenvalue weighted by Gasteiger charge is -2.27. The second-order valence-electron chi connectivity index (χ2n) is 14.8. The first-order valence-electron chi connectivity index (χ1n) is 19.9. The van der Waals surface area contributed by atoms with E-state index in [1.54, 1.807) is 0 Å². The van der Waals surface area contributed by atoms with Crippen molar-refractivity contribution in [2.45, 2.75) is 103 Å². The molecule has 1 aliphatic rings. The largest absolute Gasteiger partial charge is 0.445 e. The number of hydrogen-bond acceptors (Lipinski definition) is 7. The van der Waals surface area contributed by atoms with Crippen molar-refractivity contribution in [2.24, 2.45) is 11.8 Å². The molecule has 0 aliphatic carbocycles. The lowest BCUT2D eigenvalue weighted by molar-refractivity contribution is -0.126. The summed E-state index contributed by atoms with van der Waals surface area (Å²) in [4.78, 5) is 54.2. The van der Waals surface area contributed by atoms with Crippen LogP contribution in [0.15, 0.2) is 121 Å². The monoisotopic (exact) mass is 776 g/mol. The molecular formula is C46H56N4O7. The minimum Gasteiger partial charge on any atom is -0.445 e. The van der Waals surface area contributed by atoms with Gasteiger partial charge >= 0.3 is 12.2 Å². The summed E-state index contributed by atoms with van der Waals surface area (Å²) in [5, 5.41) is 12.0. The predicted octanol–water partition coefficient (Wildman–Crippen LogP) is 6.89. The number of amides is 4. The molecule has 11 nitrogen and oxygen atoms in total. The summed E-state index contributed by atoms with van der Waals surface area (Å²) in [6.07, 6.45) is -0.102. The molecule has 11 heteroatoms. The summed E-state index contributed by atoms with van der Waals surface area (Å²) in [7, 11) is 0. The maximum atomic E-state index is 14.1. The highest BCUT2D eigenvalue weighted by molar-refractivity contribution is 5.87. The van der Waals surface area contributed by atoms with Crippen molar-refractivity contribution in [2.75, 3.05) is 0 Å². The van der Waals surface area contributed by atoms with E-state index in [1.165, 1.54) is 0 Å². The molecule has 0 radical (unpaired) electrons. The molecular weight excluding hydrogens is 721 g/mol. The molecule has 4 amide bonds. The lowest BCUT2D eigenvalue weighted by Crippen LogP contribution is -2.56. The Morgan fingerprint density at radius 3 is 1.14 bits per heavy atom. The van der Waals surface area contributed by atoms with Gasteiger partial charge in [0.1, 0.15) is 37.5 Å². The first-order valence-corrected chi connectivity index (χ1v) is 19.9. The summed E-state index contributed by atoms with van der Waals surface area (Å²) in [5.41, 5.74) is 3.66. The van der Waals surface area contributed by atoms with E-state index in [9.17, 15) is 19.2 Å². The number of rotatable bonds is 20. The van der Waals surface area contributed by atoms with Crippen molar-refractivity contribution in [1.29, 1.82) is 0 Å². The minimum atomic E-state index is -0.863. The molecule has 4 aromatic carbocycles. The zero-order valence-electron chi connectivity index (χ0n) is 33.3. The van der Waals surface area contributed by atoms with Crippen LogP contribution in [0, 0.1) is 11.8 Å². The molecule has 1 fully saturated rings. The molecule has 1 aliphatic heterocycles. The van der Waals surface area contributed by atoms with E-state index in [0.29, 0.717) is 25.7 Å². The van der Waals surface area contributed by atoms with Gasteiger partial charge in [0, 0.05) is 0 Å². The standard InChI is InChI=1S/C46H56N4O7/c1-5-31(3)39(49-45(53)55-29-35-23-15-9-16-24-35)43(51)47-37(27-33-19-11-7-12-20-33)41-42(57-41)38(28-34-21-13-8-14-22-34)48-44(52)40(32(4)6-2)50-46(54)56-30-36-25-17-10-18-26-36/h7-26,31-32,37-42H,5-6,27-30H2,1-4H3,(H,47,51)(H,48,52)(H,49,53)(H,50,54)/t31?,32?,37-,38-,39-,40-,41-,42+/m0/s1. The first-order chi connectivity index (χ1) is 27.6. The van der Waals surface area contributed by atoms with E-state index in [2.05, 4.69) is 21.3 Å². The van der Waals surface area contributed by atoms with Gasteiger partial charge in [0.05, 0.1) is 12.1 Å². The third-order valence-corrected chi connectivity index (χ3v) is 10.6. The highest BCUT2D eigenvalue weighted by atomic mass is 16.6. The summed E-state index contributed by atoms with van der Waals surface area (Å²) in [5.74, 6) is -1.10. The Morgan fingerprint density at radius 1 is 0.509 bits per heavy atom. The fraction of sp³-hybridized carbons (Fsp3) is 0.391. The van der Waals surface area contributed by atoms with E-state index in [-0.39, 0.29) is 36.9 Å². The van der Waals surface area contributed by atoms with Crippen molar-refractivity contribution >= 4 is 24.0 Å². The number of carbonyl (C=O) groups is 4. The predicted molar refractivity (Wildman–Crippen MR) is 219 cm³/mol. The Balaban J connectivity index is 1.32. The molecule has 4 aromatic rings. The van der Waals surface area contributed by atoms with Crippen LogP contribution in [-0.4, -0.2) is 60.4 Å². The topological polar surface area (TPSA) is 147 Å². The molecule has 0 spiro atoms. The normalized spacial score (nSPS) is 17.7. The van der Waals surface area contributed by atoms with Gasteiger partial charge < -0.3 is 35.5 Å². The van der Waals surface area contributed by atoms with E-state index in [1.807, 2.05) is 149 Å². The Morgan fingerprint density at radius 2 is 0.825 bits per heavy atom. The molecule has 1 heterocycles. The molecule has 5 rings (SSSR count). The number of epoxide rings is 1. The Bertz CT molecular complexity index is 1710. The van der Waals surface area contributed by atoms with Gasteiger partial charge in [0.25, 0.3) is 0 Å². The smallest absolute Gasteiger partial charge is 0.408 e. The van der Waals surface area contributed by atoms with Crippen LogP contribution in [0.1, 0.15) is 62.8 Å². The number of nitrogens with one attached hydrogen (secondary N) is 4. The quantitative estimate of drug-likeness (QED) is 0.0715. The number of benzene rings is 4. The SMILES string of the molecule is CCC(C)[C@H](NC(=O)OCc1ccccc1)C(=O)N[C@@H](Cc1ccccc1)[C@@H]1O[C@@H]1[C@H](Cc1ccccc1)NC(=O)[C@@H](NC(=O)OCc1ccccc1)C(C)CC. The second-order valence-corrected chi connectivity index (χ2v) is 14.8. The zero-order valence-corrected chi connectivity index (χ0v) is 33.3. The highest BCUT2D eigenvalue weighted by Gasteiger charge is 2.51. The summed E-state index contributed by atoms with van der Waals surface area (Å²) < 4.78 is 17.4. The van der Waals surface area contributed by atoms with Crippen LogP contribution in [0.2, 0.25) is 0 Å². The highest BCUT2D eigenvalue weighted by Crippen LogP contribution is 2.32. The van der Waals surface area contributed by atoms with E-state index in [0.717, 1.165) is 22.3 Å². The van der Waals surface area contributed by atoms with Crippen LogP contribution < -0.4 is 21.3 Å². The van der Waals surface area contributed by atoms with Gasteiger partial charge in [-0.1, -0.05) is 162 Å². The molecule has 8 atom stereocenters. The fourth-order valence-electron chi connectivity index (χ4n) is 6.75. The van der Waals surface area contributed by atoms with Gasteiger partial charge in [-0.15, -0.1) is 0 Å². The molecule has 0 saturated carbocycles. The van der Waals surface area contributed by atoms with Crippen LogP contribution in [0.3, 0.4) is 0 Å². The Hall–Kier alpha value is -5.68. The van der Waals surface area contributed by atoms with Gasteiger partial charge in [-0.2, -0.15) is 0 Å². The third-order valence-electron chi connectivity index (χ3n) is 10.6. The molecule has 2 unspecified atom stereocenters. The van der Waals surface area contributed by atoms with Crippen molar-refractivity contribution in [3.8, 4) is 0 Å². The van der Waals surface area contributed by atoms with E-state index >= 15 is 0 Å². The molecule has 0 bridgehead atoms. The molecule has 1 saturated heterocycles. The van der Waals surface area contributed by atoms with Crippen LogP contribution in [0.25, 0.3) is 0 Å². The number of hydrogen-bond donors (Lipinski definition) is 4. The molecule has 0 aromatic heterocycles. The van der Waals surface area contributed by atoms with Crippen molar-refractivity contribution in [1.82, 2.24) is 21.3 Å². The third kappa shape index (κ3) is 13.2. The van der Waals surface area contributed by atoms with Crippen LogP contribution in [0.5, 0.6) is 0 Å². The molecule has 57 heavy (non-hydrogen) atoms. The maximum absolute atomic E-state index is 14.1. The van der Waals surface area contributed by atoms with Crippen LogP contribution in [0.4, 0.5) is 9.59 Å². The number of alkyl carbamates (subject to hydrolysis) is 2. The first kappa shape index (κ1) is 42.5. The summed E-state index contributed by atoms with van der Waals surface area (Å²) in [6.45, 7) is 7.90. The van der Waals surface area contributed by atoms with Gasteiger partial charge in [-0.25, -0.2) is 9.59 Å². The molecule has 302 valence electrons. The van der Waals surface area contributed by atoms with Gasteiger partial charge in [-0.05, 0) is 46.9 Å². The van der Waals surface area contributed by atoms with Crippen LogP contribution >= 0.6 is 0 Å². The van der Waals surface area contributed by atoms with Gasteiger partial charge in [0.2, 0.25) is 11.8 Å². The van der Waals surface area contributed by atoms with E-state index in [4.69, 9.17) is 14.2 Å². The lowest BCUT2D eigenvalue weighted by atomic mass is 9.93. The van der Waals surface area contributed by atoms with Crippen molar-refractivity contribution in [3.05, 3.63) is 144 Å². The van der Waals surface area contributed by atoms with Crippen molar-refractivity contribution < 1.29 is 33.4 Å². The minimum absolute atomic E-state index is 0.0759. The summed E-state index contributed by atoms with van der Waals surface area (Å²) in [6, 6.07) is 35.6. The van der Waals surface area contributed by atoms with Gasteiger partial charge in [0.15, 0.2) is 0 Å². The zero-order chi connectivity index (χ0) is 40.6. The summed E-state index contributed by atoms with van der Waals surface area (Å²) >= 11 is 0. The second kappa shape index (κ2) is 21.6. The Kier molecular flexibility index (Phi) is 16.1. The maximum Gasteiger partial charge on any atom is 0.408 e.